The minimum atomic E-state index is 0.650. The van der Waals surface area contributed by atoms with Crippen molar-refractivity contribution in [2.45, 2.75) is 19.4 Å². The third-order valence-corrected chi connectivity index (χ3v) is 2.91. The number of rotatable bonds is 0. The molecular formula is C10H13N3. The van der Waals surface area contributed by atoms with Crippen LogP contribution in [0, 0.1) is 6.92 Å². The van der Waals surface area contributed by atoms with Gasteiger partial charge in [-0.3, -0.25) is 4.98 Å². The zero-order valence-electron chi connectivity index (χ0n) is 7.75. The van der Waals surface area contributed by atoms with E-state index in [1.54, 1.807) is 0 Å². The predicted octanol–water partition coefficient (Wildman–Crippen LogP) is 1.39. The molecule has 2 aliphatic heterocycles. The van der Waals surface area contributed by atoms with Crippen LogP contribution in [0.3, 0.4) is 0 Å². The molecule has 2 aliphatic rings. The van der Waals surface area contributed by atoms with E-state index in [-0.39, 0.29) is 0 Å². The van der Waals surface area contributed by atoms with Crippen molar-refractivity contribution in [3.63, 3.8) is 0 Å². The molecule has 0 unspecified atom stereocenters. The summed E-state index contributed by atoms with van der Waals surface area (Å²) in [5.41, 5.74) is 3.64. The van der Waals surface area contributed by atoms with E-state index in [4.69, 9.17) is 0 Å². The van der Waals surface area contributed by atoms with Gasteiger partial charge in [-0.05, 0) is 19.4 Å². The Balaban J connectivity index is 2.12. The van der Waals surface area contributed by atoms with Crippen LogP contribution in [-0.4, -0.2) is 24.1 Å². The van der Waals surface area contributed by atoms with Crippen molar-refractivity contribution in [2.75, 3.05) is 23.3 Å². The maximum absolute atomic E-state index is 4.30. The summed E-state index contributed by atoms with van der Waals surface area (Å²) < 4.78 is 0. The van der Waals surface area contributed by atoms with Gasteiger partial charge in [-0.25, -0.2) is 0 Å². The highest BCUT2D eigenvalue weighted by Gasteiger charge is 2.29. The molecule has 1 N–H and O–H groups in total. The third kappa shape index (κ3) is 0.996. The van der Waals surface area contributed by atoms with E-state index < -0.39 is 0 Å². The molecular weight excluding hydrogens is 162 g/mol. The summed E-state index contributed by atoms with van der Waals surface area (Å²) in [6.45, 7) is 4.40. The van der Waals surface area contributed by atoms with Crippen molar-refractivity contribution in [1.82, 2.24) is 4.98 Å². The lowest BCUT2D eigenvalue weighted by molar-refractivity contribution is 0.794. The number of aromatic nitrogens is 1. The maximum Gasteiger partial charge on any atom is 0.0767 e. The minimum absolute atomic E-state index is 0.650. The Morgan fingerprint density at radius 3 is 3.46 bits per heavy atom. The standard InChI is InChI=1S/C10H13N3/c1-7-4-10-9(5-11-7)12-8-2-3-13(10)6-8/h4-5,8,12H,2-3,6H2,1H3/t8-/m0/s1. The van der Waals surface area contributed by atoms with Gasteiger partial charge in [0.05, 0.1) is 17.6 Å². The van der Waals surface area contributed by atoms with Crippen molar-refractivity contribution in [3.8, 4) is 0 Å². The summed E-state index contributed by atoms with van der Waals surface area (Å²) in [6.07, 6.45) is 3.21. The first-order chi connectivity index (χ1) is 6.33. The Bertz CT molecular complexity index is 348. The highest BCUT2D eigenvalue weighted by atomic mass is 15.2. The smallest absolute Gasteiger partial charge is 0.0767 e. The van der Waals surface area contributed by atoms with E-state index in [1.165, 1.54) is 24.3 Å². The zero-order chi connectivity index (χ0) is 8.84. The SMILES string of the molecule is Cc1cc2c(cn1)N[C@H]1CCN2C1. The minimum Gasteiger partial charge on any atom is -0.378 e. The molecule has 13 heavy (non-hydrogen) atoms. The van der Waals surface area contributed by atoms with Gasteiger partial charge in [-0.2, -0.15) is 0 Å². The van der Waals surface area contributed by atoms with Crippen molar-refractivity contribution in [2.24, 2.45) is 0 Å². The van der Waals surface area contributed by atoms with Crippen LogP contribution in [0.4, 0.5) is 11.4 Å². The van der Waals surface area contributed by atoms with Gasteiger partial charge in [0.25, 0.3) is 0 Å². The number of hydrogen-bond acceptors (Lipinski definition) is 3. The van der Waals surface area contributed by atoms with Gasteiger partial charge in [-0.15, -0.1) is 0 Å². The second-order valence-corrected chi connectivity index (χ2v) is 3.92. The Morgan fingerprint density at radius 2 is 2.54 bits per heavy atom. The molecule has 1 atom stereocenters. The number of nitrogens with one attached hydrogen (secondary N) is 1. The lowest BCUT2D eigenvalue weighted by atomic mass is 10.2. The number of nitrogens with zero attached hydrogens (tertiary/aromatic N) is 2. The molecule has 0 aromatic carbocycles. The van der Waals surface area contributed by atoms with E-state index in [2.05, 4.69) is 21.3 Å². The molecule has 3 heterocycles. The van der Waals surface area contributed by atoms with E-state index in [1.807, 2.05) is 13.1 Å². The van der Waals surface area contributed by atoms with Gasteiger partial charge in [0.1, 0.15) is 0 Å². The summed E-state index contributed by atoms with van der Waals surface area (Å²) >= 11 is 0. The predicted molar refractivity (Wildman–Crippen MR) is 53.2 cm³/mol. The lowest BCUT2D eigenvalue weighted by Gasteiger charge is -2.28. The molecule has 2 bridgehead atoms. The number of anilines is 2. The normalized spacial score (nSPS) is 24.1. The van der Waals surface area contributed by atoms with Crippen LogP contribution in [0.15, 0.2) is 12.3 Å². The molecule has 1 saturated heterocycles. The van der Waals surface area contributed by atoms with Crippen molar-refractivity contribution >= 4 is 11.4 Å². The molecule has 0 amide bonds. The Hall–Kier alpha value is -1.25. The first kappa shape index (κ1) is 7.18. The fourth-order valence-electron chi connectivity index (χ4n) is 2.24. The van der Waals surface area contributed by atoms with Crippen molar-refractivity contribution < 1.29 is 0 Å². The molecule has 3 heteroatoms. The Labute approximate surface area is 77.8 Å². The number of fused-ring (bicyclic) bond motifs is 4. The van der Waals surface area contributed by atoms with Crippen LogP contribution in [0.2, 0.25) is 0 Å². The first-order valence-electron chi connectivity index (χ1n) is 4.81. The largest absolute Gasteiger partial charge is 0.378 e. The zero-order valence-corrected chi connectivity index (χ0v) is 7.75. The first-order valence-corrected chi connectivity index (χ1v) is 4.81. The highest BCUT2D eigenvalue weighted by Crippen LogP contribution is 2.34. The number of pyridine rings is 1. The van der Waals surface area contributed by atoms with Crippen molar-refractivity contribution in [1.29, 1.82) is 0 Å². The maximum atomic E-state index is 4.30. The topological polar surface area (TPSA) is 28.2 Å². The molecule has 0 spiro atoms. The average molecular weight is 175 g/mol. The highest BCUT2D eigenvalue weighted by molar-refractivity contribution is 5.73. The van der Waals surface area contributed by atoms with Gasteiger partial charge < -0.3 is 10.2 Å². The van der Waals surface area contributed by atoms with E-state index in [0.29, 0.717) is 6.04 Å². The number of hydrogen-bond donors (Lipinski definition) is 1. The van der Waals surface area contributed by atoms with Gasteiger partial charge >= 0.3 is 0 Å². The molecule has 3 rings (SSSR count). The molecule has 68 valence electrons. The summed E-state index contributed by atoms with van der Waals surface area (Å²) in [4.78, 5) is 6.75. The van der Waals surface area contributed by atoms with Gasteiger partial charge in [-0.1, -0.05) is 0 Å². The van der Waals surface area contributed by atoms with E-state index >= 15 is 0 Å². The van der Waals surface area contributed by atoms with E-state index in [9.17, 15) is 0 Å². The average Bonchev–Trinajstić information content (AvgIpc) is 2.51. The molecule has 3 nitrogen and oxygen atoms in total. The molecule has 0 saturated carbocycles. The van der Waals surface area contributed by atoms with Crippen LogP contribution in [0.1, 0.15) is 12.1 Å². The Kier molecular flexibility index (Phi) is 1.31. The number of aryl methyl sites for hydroxylation is 1. The second-order valence-electron chi connectivity index (χ2n) is 3.92. The lowest BCUT2D eigenvalue weighted by Crippen LogP contribution is -2.31. The molecule has 1 aromatic heterocycles. The van der Waals surface area contributed by atoms with Crippen LogP contribution < -0.4 is 10.2 Å². The van der Waals surface area contributed by atoms with Gasteiger partial charge in [0.15, 0.2) is 0 Å². The van der Waals surface area contributed by atoms with Crippen LogP contribution >= 0.6 is 0 Å². The summed E-state index contributed by atoms with van der Waals surface area (Å²) in [5.74, 6) is 0. The molecule has 1 aromatic rings. The summed E-state index contributed by atoms with van der Waals surface area (Å²) in [6, 6.07) is 2.82. The molecule has 0 aliphatic carbocycles. The van der Waals surface area contributed by atoms with Crippen LogP contribution in [-0.2, 0) is 0 Å². The van der Waals surface area contributed by atoms with Crippen LogP contribution in [0.5, 0.6) is 0 Å². The van der Waals surface area contributed by atoms with E-state index in [0.717, 1.165) is 12.2 Å². The Morgan fingerprint density at radius 1 is 1.62 bits per heavy atom. The summed E-state index contributed by atoms with van der Waals surface area (Å²) in [5, 5.41) is 3.51. The fraction of sp³-hybridized carbons (Fsp3) is 0.500. The van der Waals surface area contributed by atoms with Gasteiger partial charge in [0, 0.05) is 24.8 Å². The molecule has 1 fully saturated rings. The van der Waals surface area contributed by atoms with Gasteiger partial charge in [0.2, 0.25) is 0 Å². The third-order valence-electron chi connectivity index (χ3n) is 2.91. The quantitative estimate of drug-likeness (QED) is 0.646. The van der Waals surface area contributed by atoms with Crippen molar-refractivity contribution in [3.05, 3.63) is 18.0 Å². The second kappa shape index (κ2) is 2.37. The monoisotopic (exact) mass is 175 g/mol. The summed E-state index contributed by atoms with van der Waals surface area (Å²) in [7, 11) is 0. The van der Waals surface area contributed by atoms with Crippen LogP contribution in [0.25, 0.3) is 0 Å². The fourth-order valence-corrected chi connectivity index (χ4v) is 2.24. The molecule has 0 radical (unpaired) electrons.